The fourth-order valence-electron chi connectivity index (χ4n) is 3.65. The molecule has 2 aliphatic heterocycles. The molecule has 0 aromatic heterocycles. The normalized spacial score (nSPS) is 23.2. The summed E-state index contributed by atoms with van der Waals surface area (Å²) < 4.78 is 31.9. The molecule has 1 amide bonds. The van der Waals surface area contributed by atoms with Gasteiger partial charge >= 0.3 is 0 Å². The Balaban J connectivity index is 0.00000225. The van der Waals surface area contributed by atoms with Gasteiger partial charge in [-0.05, 0) is 36.8 Å². The average Bonchev–Trinajstić information content (AvgIpc) is 2.95. The molecule has 0 spiro atoms. The number of hydrogen-bond donors (Lipinski definition) is 1. The summed E-state index contributed by atoms with van der Waals surface area (Å²) in [6.07, 6.45) is 2.33. The molecule has 2 aliphatic rings. The van der Waals surface area contributed by atoms with E-state index in [-0.39, 0.29) is 24.7 Å². The van der Waals surface area contributed by atoms with E-state index in [0.29, 0.717) is 19.0 Å². The quantitative estimate of drug-likeness (QED) is 0.881. The van der Waals surface area contributed by atoms with Crippen LogP contribution in [0.2, 0.25) is 0 Å². The van der Waals surface area contributed by atoms with Crippen molar-refractivity contribution in [2.75, 3.05) is 26.7 Å². The van der Waals surface area contributed by atoms with Crippen molar-refractivity contribution in [2.24, 2.45) is 5.92 Å². The number of likely N-dealkylation sites (tertiary alicyclic amines) is 1. The Labute approximate surface area is 153 Å². The molecule has 0 bridgehead atoms. The van der Waals surface area contributed by atoms with Crippen LogP contribution in [-0.2, 0) is 11.2 Å². The van der Waals surface area contributed by atoms with Crippen LogP contribution in [0.1, 0.15) is 24.8 Å². The number of benzene rings is 1. The Bertz CT molecular complexity index is 592. The summed E-state index contributed by atoms with van der Waals surface area (Å²) in [6, 6.07) is 7.25. The first-order chi connectivity index (χ1) is 11.5. The average molecular weight is 375 g/mol. The highest BCUT2D eigenvalue weighted by atomic mass is 35.5. The lowest BCUT2D eigenvalue weighted by molar-refractivity contribution is -0.135. The Morgan fingerprint density at radius 3 is 2.60 bits per heavy atom. The second-order valence-electron chi connectivity index (χ2n) is 6.78. The smallest absolute Gasteiger partial charge is 0.262 e. The summed E-state index contributed by atoms with van der Waals surface area (Å²) in [6.45, 7) is 0.887. The molecule has 2 heterocycles. The van der Waals surface area contributed by atoms with E-state index in [2.05, 4.69) is 11.4 Å². The molecule has 3 rings (SSSR count). The number of amides is 1. The van der Waals surface area contributed by atoms with Crippen molar-refractivity contribution in [3.05, 3.63) is 29.8 Å². The Kier molecular flexibility index (Phi) is 6.63. The fraction of sp³-hybridized carbons (Fsp3) is 0.611. The number of methoxy groups -OCH3 is 1. The van der Waals surface area contributed by atoms with Crippen LogP contribution in [0.4, 0.5) is 8.78 Å². The lowest BCUT2D eigenvalue weighted by Gasteiger charge is -2.33. The molecular weight excluding hydrogens is 350 g/mol. The molecule has 2 saturated heterocycles. The van der Waals surface area contributed by atoms with Crippen LogP contribution in [0.25, 0.3) is 0 Å². The lowest BCUT2D eigenvalue weighted by atomic mass is 9.89. The van der Waals surface area contributed by atoms with Crippen molar-refractivity contribution < 1.29 is 18.3 Å². The van der Waals surface area contributed by atoms with Gasteiger partial charge in [-0.3, -0.25) is 10.1 Å². The molecule has 25 heavy (non-hydrogen) atoms. The van der Waals surface area contributed by atoms with E-state index in [0.717, 1.165) is 25.0 Å². The molecule has 0 radical (unpaired) electrons. The number of hydrogen-bond acceptors (Lipinski definition) is 3. The number of carbonyl (C=O) groups excluding carboxylic acids is 1. The van der Waals surface area contributed by atoms with Crippen LogP contribution in [0, 0.1) is 5.92 Å². The van der Waals surface area contributed by atoms with Crippen LogP contribution in [-0.4, -0.2) is 49.5 Å². The van der Waals surface area contributed by atoms with Gasteiger partial charge in [0.15, 0.2) is 0 Å². The highest BCUT2D eigenvalue weighted by Gasteiger charge is 2.43. The summed E-state index contributed by atoms with van der Waals surface area (Å²) in [5, 5.41) is 2.65. The SMILES string of the molecule is COc1ccccc1CC1CCN(C(=O)C2CC(F)(F)CN2)CC1.Cl. The summed E-state index contributed by atoms with van der Waals surface area (Å²) in [5.74, 6) is -1.55. The zero-order valence-corrected chi connectivity index (χ0v) is 15.2. The number of ether oxygens (including phenoxy) is 1. The minimum atomic E-state index is -2.76. The maximum absolute atomic E-state index is 13.3. The molecule has 0 saturated carbocycles. The van der Waals surface area contributed by atoms with Gasteiger partial charge < -0.3 is 9.64 Å². The number of para-hydroxylation sites is 1. The van der Waals surface area contributed by atoms with E-state index >= 15 is 0 Å². The van der Waals surface area contributed by atoms with Crippen LogP contribution < -0.4 is 10.1 Å². The molecular formula is C18H25ClF2N2O2. The van der Waals surface area contributed by atoms with Crippen LogP contribution in [0.15, 0.2) is 24.3 Å². The van der Waals surface area contributed by atoms with Gasteiger partial charge in [-0.1, -0.05) is 18.2 Å². The van der Waals surface area contributed by atoms with Gasteiger partial charge in [-0.2, -0.15) is 0 Å². The zero-order chi connectivity index (χ0) is 17.2. The van der Waals surface area contributed by atoms with Gasteiger partial charge in [0.1, 0.15) is 5.75 Å². The monoisotopic (exact) mass is 374 g/mol. The number of alkyl halides is 2. The van der Waals surface area contributed by atoms with E-state index < -0.39 is 18.5 Å². The molecule has 140 valence electrons. The first kappa shape index (κ1) is 19.9. The Morgan fingerprint density at radius 2 is 2.00 bits per heavy atom. The first-order valence-electron chi connectivity index (χ1n) is 8.50. The number of nitrogens with one attached hydrogen (secondary N) is 1. The maximum atomic E-state index is 13.3. The number of carbonyl (C=O) groups is 1. The molecule has 1 aromatic rings. The number of rotatable bonds is 4. The van der Waals surface area contributed by atoms with E-state index in [1.54, 1.807) is 12.0 Å². The third-order valence-corrected chi connectivity index (χ3v) is 5.04. The van der Waals surface area contributed by atoms with Crippen molar-refractivity contribution in [1.82, 2.24) is 10.2 Å². The molecule has 1 unspecified atom stereocenters. The predicted molar refractivity (Wildman–Crippen MR) is 94.6 cm³/mol. The molecule has 7 heteroatoms. The van der Waals surface area contributed by atoms with E-state index in [4.69, 9.17) is 4.74 Å². The standard InChI is InChI=1S/C18H24F2N2O2.ClH/c1-24-16-5-3-2-4-14(16)10-13-6-8-22(9-7-13)17(23)15-11-18(19,20)12-21-15;/h2-5,13,15,21H,6-12H2,1H3;1H. The molecule has 0 aliphatic carbocycles. The van der Waals surface area contributed by atoms with Gasteiger partial charge in [0, 0.05) is 19.5 Å². The van der Waals surface area contributed by atoms with Crippen LogP contribution in [0.3, 0.4) is 0 Å². The van der Waals surface area contributed by atoms with E-state index in [9.17, 15) is 13.6 Å². The van der Waals surface area contributed by atoms with E-state index in [1.165, 1.54) is 5.56 Å². The van der Waals surface area contributed by atoms with Gasteiger partial charge in [0.05, 0.1) is 19.7 Å². The molecule has 1 aromatic carbocycles. The van der Waals surface area contributed by atoms with Crippen molar-refractivity contribution >= 4 is 18.3 Å². The predicted octanol–water partition coefficient (Wildman–Crippen LogP) is 2.90. The Hall–Kier alpha value is -1.40. The summed E-state index contributed by atoms with van der Waals surface area (Å²) in [7, 11) is 1.67. The number of piperidine rings is 1. The minimum Gasteiger partial charge on any atom is -0.496 e. The second-order valence-corrected chi connectivity index (χ2v) is 6.78. The second kappa shape index (κ2) is 8.32. The third-order valence-electron chi connectivity index (χ3n) is 5.04. The fourth-order valence-corrected chi connectivity index (χ4v) is 3.65. The maximum Gasteiger partial charge on any atom is 0.262 e. The van der Waals surface area contributed by atoms with Gasteiger partial charge in [-0.25, -0.2) is 8.78 Å². The van der Waals surface area contributed by atoms with Crippen molar-refractivity contribution in [1.29, 1.82) is 0 Å². The topological polar surface area (TPSA) is 41.6 Å². The van der Waals surface area contributed by atoms with E-state index in [1.807, 2.05) is 18.2 Å². The van der Waals surface area contributed by atoms with Gasteiger partial charge in [0.2, 0.25) is 5.91 Å². The molecule has 1 atom stereocenters. The number of halogens is 3. The van der Waals surface area contributed by atoms with Gasteiger partial charge in [0.25, 0.3) is 5.92 Å². The van der Waals surface area contributed by atoms with Crippen molar-refractivity contribution in [2.45, 2.75) is 37.6 Å². The highest BCUT2D eigenvalue weighted by Crippen LogP contribution is 2.29. The number of nitrogens with zero attached hydrogens (tertiary/aromatic N) is 1. The van der Waals surface area contributed by atoms with Crippen LogP contribution >= 0.6 is 12.4 Å². The summed E-state index contributed by atoms with van der Waals surface area (Å²) in [5.41, 5.74) is 1.18. The highest BCUT2D eigenvalue weighted by molar-refractivity contribution is 5.85. The van der Waals surface area contributed by atoms with Crippen molar-refractivity contribution in [3.8, 4) is 5.75 Å². The van der Waals surface area contributed by atoms with Crippen LogP contribution in [0.5, 0.6) is 5.75 Å². The zero-order valence-electron chi connectivity index (χ0n) is 14.3. The first-order valence-corrected chi connectivity index (χ1v) is 8.50. The molecule has 4 nitrogen and oxygen atoms in total. The molecule has 1 N–H and O–H groups in total. The largest absolute Gasteiger partial charge is 0.496 e. The third kappa shape index (κ3) is 4.82. The molecule has 2 fully saturated rings. The lowest BCUT2D eigenvalue weighted by Crippen LogP contribution is -2.47. The Morgan fingerprint density at radius 1 is 1.32 bits per heavy atom. The van der Waals surface area contributed by atoms with Gasteiger partial charge in [-0.15, -0.1) is 12.4 Å². The summed E-state index contributed by atoms with van der Waals surface area (Å²) >= 11 is 0. The van der Waals surface area contributed by atoms with Crippen molar-refractivity contribution in [3.63, 3.8) is 0 Å². The summed E-state index contributed by atoms with van der Waals surface area (Å²) in [4.78, 5) is 14.1. The minimum absolute atomic E-state index is 0.